The molecule has 0 fully saturated rings. The molecule has 0 bridgehead atoms. The molecule has 1 heterocycles. The van der Waals surface area contributed by atoms with Crippen LogP contribution in [0.25, 0.3) is 0 Å². The highest BCUT2D eigenvalue weighted by Gasteiger charge is 2.03. The van der Waals surface area contributed by atoms with Gasteiger partial charge in [0.1, 0.15) is 11.5 Å². The van der Waals surface area contributed by atoms with Gasteiger partial charge in [-0.2, -0.15) is 5.10 Å². The van der Waals surface area contributed by atoms with Crippen LogP contribution < -0.4 is 18.1 Å². The van der Waals surface area contributed by atoms with Crippen molar-refractivity contribution >= 4 is 11.8 Å². The molecule has 0 radical (unpaired) electrons. The van der Waals surface area contributed by atoms with E-state index in [1.807, 2.05) is 0 Å². The molecule has 4 N–H and O–H groups in total. The summed E-state index contributed by atoms with van der Waals surface area (Å²) >= 11 is 0. The lowest BCUT2D eigenvalue weighted by Gasteiger charge is -1.79. The number of halogens is 1. The van der Waals surface area contributed by atoms with Gasteiger partial charge < -0.3 is 23.2 Å². The van der Waals surface area contributed by atoms with Crippen LogP contribution in [0.4, 0.5) is 5.82 Å². The molecule has 0 aliphatic heterocycles. The minimum Gasteiger partial charge on any atom is -1.00 e. The first-order valence-corrected chi connectivity index (χ1v) is 2.24. The molecule has 6 heteroatoms. The minimum atomic E-state index is -1.06. The maximum atomic E-state index is 10.1. The van der Waals surface area contributed by atoms with Crippen molar-refractivity contribution in [2.75, 3.05) is 5.73 Å². The molecule has 0 spiro atoms. The number of carboxylic acids is 1. The van der Waals surface area contributed by atoms with Crippen LogP contribution >= 0.6 is 0 Å². The third-order valence-corrected chi connectivity index (χ3v) is 0.828. The number of hydrogen-bond acceptors (Lipinski definition) is 3. The van der Waals surface area contributed by atoms with Crippen LogP contribution in [0, 0.1) is 0 Å². The molecule has 0 aliphatic carbocycles. The molecule has 0 aromatic carbocycles. The highest BCUT2D eigenvalue weighted by Crippen LogP contribution is 1.98. The Kier molecular flexibility index (Phi) is 2.69. The molecule has 1 aromatic rings. The number of nitrogen functional groups attached to an aromatic ring is 1. The lowest BCUT2D eigenvalue weighted by molar-refractivity contribution is -0.0000176. The SMILES string of the molecule is Nc1cc(C(=O)O)[nH]n1.[Cl-]. The van der Waals surface area contributed by atoms with E-state index in [0.717, 1.165) is 0 Å². The van der Waals surface area contributed by atoms with Gasteiger partial charge >= 0.3 is 5.97 Å². The summed E-state index contributed by atoms with van der Waals surface area (Å²) in [6.45, 7) is 0. The lowest BCUT2D eigenvalue weighted by Crippen LogP contribution is -3.00. The van der Waals surface area contributed by atoms with Crippen LogP contribution in [-0.2, 0) is 0 Å². The summed E-state index contributed by atoms with van der Waals surface area (Å²) in [5, 5.41) is 13.9. The number of anilines is 1. The second-order valence-electron chi connectivity index (χ2n) is 1.51. The normalized spacial score (nSPS) is 8.40. The van der Waals surface area contributed by atoms with Gasteiger partial charge in [0.15, 0.2) is 0 Å². The standard InChI is InChI=1S/C4H5N3O2.ClH/c5-3-1-2(4(8)9)6-7-3;/h1H,(H,8,9)(H3,5,6,7);1H/p-1. The quantitative estimate of drug-likeness (QED) is 0.403. The summed E-state index contributed by atoms with van der Waals surface area (Å²) < 4.78 is 0. The van der Waals surface area contributed by atoms with E-state index >= 15 is 0 Å². The molecular formula is C4H5ClN3O2-. The van der Waals surface area contributed by atoms with Gasteiger partial charge in [-0.05, 0) is 0 Å². The largest absolute Gasteiger partial charge is 1.00 e. The predicted octanol–water partition coefficient (Wildman–Crippen LogP) is -3.31. The minimum absolute atomic E-state index is 0. The zero-order valence-corrected chi connectivity index (χ0v) is 5.59. The Hall–Kier alpha value is -1.23. The van der Waals surface area contributed by atoms with Crippen molar-refractivity contribution in [1.82, 2.24) is 10.2 Å². The number of carbonyl (C=O) groups is 1. The number of H-pyrrole nitrogens is 1. The van der Waals surface area contributed by atoms with Crippen molar-refractivity contribution < 1.29 is 22.3 Å². The highest BCUT2D eigenvalue weighted by molar-refractivity contribution is 5.86. The smallest absolute Gasteiger partial charge is 0.353 e. The predicted molar refractivity (Wildman–Crippen MR) is 30.0 cm³/mol. The number of rotatable bonds is 1. The second kappa shape index (κ2) is 3.07. The van der Waals surface area contributed by atoms with Crippen molar-refractivity contribution in [3.05, 3.63) is 11.8 Å². The fourth-order valence-corrected chi connectivity index (χ4v) is 0.447. The summed E-state index contributed by atoms with van der Waals surface area (Å²) in [6, 6.07) is 1.25. The number of aromatic nitrogens is 2. The van der Waals surface area contributed by atoms with Crippen LogP contribution in [0.2, 0.25) is 0 Å². The van der Waals surface area contributed by atoms with E-state index in [2.05, 4.69) is 10.2 Å². The zero-order valence-electron chi connectivity index (χ0n) is 4.84. The van der Waals surface area contributed by atoms with E-state index in [-0.39, 0.29) is 23.9 Å². The number of aromatic carboxylic acids is 1. The second-order valence-corrected chi connectivity index (χ2v) is 1.51. The van der Waals surface area contributed by atoms with Gasteiger partial charge in [0, 0.05) is 6.07 Å². The zero-order chi connectivity index (χ0) is 6.85. The van der Waals surface area contributed by atoms with E-state index in [1.165, 1.54) is 6.07 Å². The molecular weight excluding hydrogens is 158 g/mol. The highest BCUT2D eigenvalue weighted by atomic mass is 35.5. The molecule has 0 amide bonds. The summed E-state index contributed by atoms with van der Waals surface area (Å²) in [6.07, 6.45) is 0. The van der Waals surface area contributed by atoms with Crippen molar-refractivity contribution in [2.45, 2.75) is 0 Å². The Labute approximate surface area is 62.6 Å². The average molecular weight is 163 g/mol. The van der Waals surface area contributed by atoms with Crippen molar-refractivity contribution in [3.63, 3.8) is 0 Å². The summed E-state index contributed by atoms with van der Waals surface area (Å²) in [7, 11) is 0. The van der Waals surface area contributed by atoms with Crippen molar-refractivity contribution in [2.24, 2.45) is 0 Å². The van der Waals surface area contributed by atoms with Gasteiger partial charge in [-0.15, -0.1) is 0 Å². The Balaban J connectivity index is 0.000000810. The maximum absolute atomic E-state index is 10.1. The number of carboxylic acid groups (broad SMARTS) is 1. The Bertz CT molecular complexity index is 234. The molecule has 0 saturated carbocycles. The van der Waals surface area contributed by atoms with Gasteiger partial charge in [-0.25, -0.2) is 4.79 Å². The van der Waals surface area contributed by atoms with Crippen molar-refractivity contribution in [1.29, 1.82) is 0 Å². The molecule has 1 rings (SSSR count). The van der Waals surface area contributed by atoms with Crippen LogP contribution in [0.3, 0.4) is 0 Å². The summed E-state index contributed by atoms with van der Waals surface area (Å²) in [5.74, 6) is -0.869. The van der Waals surface area contributed by atoms with Gasteiger partial charge in [-0.1, -0.05) is 0 Å². The van der Waals surface area contributed by atoms with E-state index in [9.17, 15) is 4.79 Å². The molecule has 5 nitrogen and oxygen atoms in total. The number of hydrogen-bond donors (Lipinski definition) is 3. The summed E-state index contributed by atoms with van der Waals surface area (Å²) in [4.78, 5) is 10.1. The first-order chi connectivity index (χ1) is 4.20. The number of nitrogens with zero attached hydrogens (tertiary/aromatic N) is 1. The van der Waals surface area contributed by atoms with Crippen LogP contribution in [0.15, 0.2) is 6.07 Å². The van der Waals surface area contributed by atoms with E-state index < -0.39 is 5.97 Å². The first kappa shape index (κ1) is 8.77. The van der Waals surface area contributed by atoms with E-state index in [0.29, 0.717) is 0 Å². The Morgan fingerprint density at radius 1 is 1.80 bits per heavy atom. The van der Waals surface area contributed by atoms with Crippen LogP contribution in [0.5, 0.6) is 0 Å². The first-order valence-electron chi connectivity index (χ1n) is 2.24. The third kappa shape index (κ3) is 1.63. The monoisotopic (exact) mass is 162 g/mol. The average Bonchev–Trinajstić information content (AvgIpc) is 2.14. The van der Waals surface area contributed by atoms with Gasteiger partial charge in [0.2, 0.25) is 0 Å². The van der Waals surface area contributed by atoms with E-state index in [4.69, 9.17) is 10.8 Å². The molecule has 0 atom stereocenters. The molecule has 0 saturated heterocycles. The molecule has 0 aliphatic rings. The summed E-state index contributed by atoms with van der Waals surface area (Å²) in [5.41, 5.74) is 5.12. The molecule has 56 valence electrons. The molecule has 10 heavy (non-hydrogen) atoms. The van der Waals surface area contributed by atoms with Gasteiger partial charge in [0.25, 0.3) is 0 Å². The van der Waals surface area contributed by atoms with E-state index in [1.54, 1.807) is 0 Å². The number of nitrogens with one attached hydrogen (secondary N) is 1. The maximum Gasteiger partial charge on any atom is 0.353 e. The third-order valence-electron chi connectivity index (χ3n) is 0.828. The topological polar surface area (TPSA) is 92.0 Å². The van der Waals surface area contributed by atoms with Crippen molar-refractivity contribution in [3.8, 4) is 0 Å². The lowest BCUT2D eigenvalue weighted by atomic mass is 10.4. The fourth-order valence-electron chi connectivity index (χ4n) is 0.447. The number of nitrogens with two attached hydrogens (primary N) is 1. The van der Waals surface area contributed by atoms with Gasteiger partial charge in [0.05, 0.1) is 0 Å². The van der Waals surface area contributed by atoms with Crippen LogP contribution in [-0.4, -0.2) is 21.3 Å². The number of aromatic amines is 1. The molecule has 0 unspecified atom stereocenters. The van der Waals surface area contributed by atoms with Crippen LogP contribution in [0.1, 0.15) is 10.5 Å². The van der Waals surface area contributed by atoms with Gasteiger partial charge in [-0.3, -0.25) is 5.10 Å². The molecule has 1 aromatic heterocycles. The Morgan fingerprint density at radius 2 is 2.40 bits per heavy atom. The fraction of sp³-hybridized carbons (Fsp3) is 0. The Morgan fingerprint density at radius 3 is 2.60 bits per heavy atom.